The fourth-order valence-electron chi connectivity index (χ4n) is 6.53. The number of ether oxygens (including phenoxy) is 1. The van der Waals surface area contributed by atoms with E-state index in [1.165, 1.54) is 25.1 Å². The maximum atomic E-state index is 14.0. The van der Waals surface area contributed by atoms with Gasteiger partial charge in [-0.25, -0.2) is 4.79 Å². The first kappa shape index (κ1) is 29.9. The molecule has 4 rings (SSSR count). The molecule has 0 radical (unpaired) electrons. The first-order valence-corrected chi connectivity index (χ1v) is 13.1. The molecule has 0 spiro atoms. The third-order valence-corrected chi connectivity index (χ3v) is 8.31. The number of phenols is 1. The van der Waals surface area contributed by atoms with Gasteiger partial charge in [-0.05, 0) is 50.9 Å². The number of ketones is 4. The number of likely N-dealkylation sites (N-methyl/N-ethyl adjacent to an activating group) is 1. The molecule has 1 aromatic rings. The number of fused-ring (bicyclic) bond motifs is 3. The minimum Gasteiger partial charge on any atom is -0.505 e. The lowest BCUT2D eigenvalue weighted by atomic mass is 9.52. The van der Waals surface area contributed by atoms with Crippen LogP contribution in [-0.4, -0.2) is 96.7 Å². The highest BCUT2D eigenvalue weighted by molar-refractivity contribution is 6.32. The molecule has 6 atom stereocenters. The zero-order valence-electron chi connectivity index (χ0n) is 23.3. The lowest BCUT2D eigenvalue weighted by Gasteiger charge is -2.52. The van der Waals surface area contributed by atoms with E-state index in [2.05, 4.69) is 11.9 Å². The molecular formula is C28H34N4O9. The summed E-state index contributed by atoms with van der Waals surface area (Å²) in [6.07, 6.45) is 1.10. The van der Waals surface area contributed by atoms with Crippen molar-refractivity contribution in [3.05, 3.63) is 29.8 Å². The molecule has 0 saturated heterocycles. The van der Waals surface area contributed by atoms with Crippen molar-refractivity contribution in [3.8, 4) is 5.75 Å². The summed E-state index contributed by atoms with van der Waals surface area (Å²) in [6.45, 7) is 3.58. The van der Waals surface area contributed by atoms with Gasteiger partial charge in [0.1, 0.15) is 5.75 Å². The monoisotopic (exact) mass is 570 g/mol. The molecule has 0 heterocycles. The molecule has 2 saturated carbocycles. The fraction of sp³-hybridized carbons (Fsp3) is 0.500. The highest BCUT2D eigenvalue weighted by atomic mass is 16.5. The van der Waals surface area contributed by atoms with Crippen LogP contribution in [-0.2, 0) is 30.3 Å². The minimum absolute atomic E-state index is 0.0370. The predicted molar refractivity (Wildman–Crippen MR) is 145 cm³/mol. The minimum atomic E-state index is -2.82. The Morgan fingerprint density at radius 2 is 1.85 bits per heavy atom. The number of hydrogen-bond acceptors (Lipinski definition) is 11. The van der Waals surface area contributed by atoms with Gasteiger partial charge in [-0.3, -0.25) is 34.2 Å². The number of carbonyl (C=O) groups is 6. The van der Waals surface area contributed by atoms with Gasteiger partial charge in [0.15, 0.2) is 34.7 Å². The largest absolute Gasteiger partial charge is 0.505 e. The zero-order chi connectivity index (χ0) is 30.5. The Balaban J connectivity index is 1.82. The van der Waals surface area contributed by atoms with Gasteiger partial charge in [-0.2, -0.15) is 0 Å². The number of nitrogens with one attached hydrogen (secondary N) is 1. The van der Waals surface area contributed by atoms with Crippen molar-refractivity contribution in [3.63, 3.8) is 0 Å². The van der Waals surface area contributed by atoms with Crippen LogP contribution in [0.2, 0.25) is 0 Å². The van der Waals surface area contributed by atoms with Crippen molar-refractivity contribution >= 4 is 46.5 Å². The molecule has 0 bridgehead atoms. The van der Waals surface area contributed by atoms with Crippen LogP contribution in [0.4, 0.5) is 16.2 Å². The fourth-order valence-corrected chi connectivity index (χ4v) is 6.53. The molecule has 0 aromatic heterocycles. The molecule has 5 N–H and O–H groups in total. The molecule has 2 amide bonds. The molecule has 1 aromatic carbocycles. The highest BCUT2D eigenvalue weighted by Gasteiger charge is 2.69. The second kappa shape index (κ2) is 10.7. The average Bonchev–Trinajstić information content (AvgIpc) is 2.87. The van der Waals surface area contributed by atoms with Crippen LogP contribution < -0.4 is 16.0 Å². The standard InChI is InChI=1S/C28H34N4O9/c1-6-7-8-41-27(39)30-15-11-16(31(2)3)13-9-12-10-14-20(32(4)5)23(35)19(26(29)38)25(37)28(14,40)24(36)17(12)22(34)18(13)21(15)33/h6,11-12,14,17,19-20,33,40H,1,7-10H2,2-5H3,(H2,29,38)(H,30,39)/t12-,14-,17?,19?,20-,28-/m0/s1. The Kier molecular flexibility index (Phi) is 7.80. The first-order chi connectivity index (χ1) is 19.2. The van der Waals surface area contributed by atoms with E-state index < -0.39 is 76.2 Å². The van der Waals surface area contributed by atoms with E-state index in [-0.39, 0.29) is 30.7 Å². The van der Waals surface area contributed by atoms with E-state index in [4.69, 9.17) is 10.5 Å². The van der Waals surface area contributed by atoms with Crippen molar-refractivity contribution in [2.75, 3.05) is 45.0 Å². The van der Waals surface area contributed by atoms with Gasteiger partial charge in [0.2, 0.25) is 5.91 Å². The van der Waals surface area contributed by atoms with Crippen LogP contribution in [0.25, 0.3) is 0 Å². The number of Topliss-reactive ketones (excluding diaryl/α,β-unsaturated/α-hetero) is 4. The molecule has 3 aliphatic carbocycles. The second-order valence-electron chi connectivity index (χ2n) is 11.2. The van der Waals surface area contributed by atoms with Gasteiger partial charge in [0.25, 0.3) is 0 Å². The molecule has 0 aliphatic heterocycles. The third-order valence-electron chi connectivity index (χ3n) is 8.31. The van der Waals surface area contributed by atoms with Crippen LogP contribution in [0.5, 0.6) is 5.75 Å². The number of amides is 2. The number of anilines is 2. The number of primary amides is 1. The molecule has 13 heteroatoms. The number of nitrogens with two attached hydrogens (primary N) is 1. The van der Waals surface area contributed by atoms with Crippen LogP contribution in [0.3, 0.4) is 0 Å². The summed E-state index contributed by atoms with van der Waals surface area (Å²) in [6, 6.07) is 0.294. The smallest absolute Gasteiger partial charge is 0.411 e. The number of nitrogens with zero attached hydrogens (tertiary/aromatic N) is 2. The van der Waals surface area contributed by atoms with E-state index in [1.54, 1.807) is 25.1 Å². The average molecular weight is 571 g/mol. The zero-order valence-corrected chi connectivity index (χ0v) is 23.3. The molecule has 2 unspecified atom stereocenters. The Morgan fingerprint density at radius 3 is 2.41 bits per heavy atom. The van der Waals surface area contributed by atoms with Gasteiger partial charge in [0, 0.05) is 25.7 Å². The maximum Gasteiger partial charge on any atom is 0.411 e. The number of hydrogen-bond donors (Lipinski definition) is 4. The number of aromatic hydroxyl groups is 1. The van der Waals surface area contributed by atoms with Crippen molar-refractivity contribution in [1.29, 1.82) is 0 Å². The van der Waals surface area contributed by atoms with Gasteiger partial charge in [-0.1, -0.05) is 6.08 Å². The SMILES string of the molecule is C=CCCOC(=O)Nc1cc(N(C)C)c2c(c1O)C(=O)C1C(=O)[C@]3(O)C(=O)C(C(N)=O)C(=O)[C@@H](N(C)C)[C@@H]3C[C@@H]1C2. The summed E-state index contributed by atoms with van der Waals surface area (Å²) in [5.74, 6) is -11.6. The van der Waals surface area contributed by atoms with Crippen molar-refractivity contribution in [1.82, 2.24) is 4.90 Å². The molecule has 3 aliphatic rings. The van der Waals surface area contributed by atoms with Gasteiger partial charge < -0.3 is 25.6 Å². The number of carbonyl (C=O) groups excluding carboxylic acids is 6. The Hall–Kier alpha value is -4.10. The molecule has 2 fully saturated rings. The lowest BCUT2D eigenvalue weighted by Crippen LogP contribution is -2.74. The van der Waals surface area contributed by atoms with Crippen LogP contribution in [0, 0.1) is 23.7 Å². The Bertz CT molecular complexity index is 1370. The summed E-state index contributed by atoms with van der Waals surface area (Å²) in [5.41, 5.74) is 3.05. The summed E-state index contributed by atoms with van der Waals surface area (Å²) >= 11 is 0. The number of rotatable bonds is 7. The summed E-state index contributed by atoms with van der Waals surface area (Å²) < 4.78 is 5.04. The molecule has 220 valence electrons. The maximum absolute atomic E-state index is 14.0. The molecule has 41 heavy (non-hydrogen) atoms. The highest BCUT2D eigenvalue weighted by Crippen LogP contribution is 2.52. The van der Waals surface area contributed by atoms with Crippen LogP contribution in [0.1, 0.15) is 28.8 Å². The molecule has 13 nitrogen and oxygen atoms in total. The summed E-state index contributed by atoms with van der Waals surface area (Å²) in [5, 5.41) is 25.2. The predicted octanol–water partition coefficient (Wildman–Crippen LogP) is 0.0576. The first-order valence-electron chi connectivity index (χ1n) is 13.1. The van der Waals surface area contributed by atoms with Gasteiger partial charge in [-0.15, -0.1) is 6.58 Å². The quantitative estimate of drug-likeness (QED) is 0.150. The summed E-state index contributed by atoms with van der Waals surface area (Å²) in [7, 11) is 6.44. The second-order valence-corrected chi connectivity index (χ2v) is 11.2. The van der Waals surface area contributed by atoms with Crippen LogP contribution in [0.15, 0.2) is 18.7 Å². The topological polar surface area (TPSA) is 197 Å². The Morgan fingerprint density at radius 1 is 1.20 bits per heavy atom. The van der Waals surface area contributed by atoms with Crippen molar-refractivity contribution in [2.45, 2.75) is 30.9 Å². The Labute approximate surface area is 236 Å². The van der Waals surface area contributed by atoms with Gasteiger partial charge in [0.05, 0.1) is 29.8 Å². The van der Waals surface area contributed by atoms with E-state index in [0.717, 1.165) is 0 Å². The molecular weight excluding hydrogens is 536 g/mol. The summed E-state index contributed by atoms with van der Waals surface area (Å²) in [4.78, 5) is 82.1. The van der Waals surface area contributed by atoms with Crippen LogP contribution >= 0.6 is 0 Å². The number of phenolic OH excluding ortho intramolecular Hbond substituents is 1. The van der Waals surface area contributed by atoms with Crippen molar-refractivity contribution in [2.24, 2.45) is 29.4 Å². The normalized spacial score (nSPS) is 28.9. The van der Waals surface area contributed by atoms with E-state index >= 15 is 0 Å². The third kappa shape index (κ3) is 4.58. The lowest BCUT2D eigenvalue weighted by molar-refractivity contribution is -0.181. The van der Waals surface area contributed by atoms with Crippen molar-refractivity contribution < 1.29 is 43.7 Å². The number of aliphatic hydroxyl groups is 1. The number of benzene rings is 1. The van der Waals surface area contributed by atoms with Gasteiger partial charge >= 0.3 is 6.09 Å². The van der Waals surface area contributed by atoms with E-state index in [1.807, 2.05) is 0 Å². The van der Waals surface area contributed by atoms with E-state index in [0.29, 0.717) is 17.7 Å². The van der Waals surface area contributed by atoms with E-state index in [9.17, 15) is 39.0 Å².